The minimum atomic E-state index is -0.509. The number of ether oxygens (including phenoxy) is 1. The van der Waals surface area contributed by atoms with E-state index in [-0.39, 0.29) is 0 Å². The summed E-state index contributed by atoms with van der Waals surface area (Å²) in [5.74, 6) is 0.829. The SMILES string of the molecule is Cn1cnc2c1CCN(C[C@H](O)COc1cccc(CNC3CCCC3)c1)C2. The fourth-order valence-corrected chi connectivity index (χ4v) is 4.35. The Morgan fingerprint density at radius 3 is 3.04 bits per heavy atom. The number of aliphatic hydroxyl groups is 1. The molecule has 1 aliphatic heterocycles. The molecule has 1 atom stereocenters. The molecule has 0 amide bonds. The van der Waals surface area contributed by atoms with Gasteiger partial charge >= 0.3 is 0 Å². The van der Waals surface area contributed by atoms with Crippen LogP contribution in [0, 0.1) is 0 Å². The van der Waals surface area contributed by atoms with Crippen molar-refractivity contribution in [1.82, 2.24) is 19.8 Å². The number of hydrogen-bond acceptors (Lipinski definition) is 5. The summed E-state index contributed by atoms with van der Waals surface area (Å²) in [6, 6.07) is 8.86. The maximum atomic E-state index is 10.4. The average molecular weight is 385 g/mol. The lowest BCUT2D eigenvalue weighted by molar-refractivity contribution is 0.0630. The Kier molecular flexibility index (Phi) is 6.29. The standard InChI is InChI=1S/C22H32N4O2/c1-25-16-24-21-14-26(10-9-22(21)25)13-19(27)15-28-20-8-4-5-17(11-20)12-23-18-6-2-3-7-18/h4-5,8,11,16,18-19,23,27H,2-3,6-7,9-10,12-15H2,1H3/t19-/m0/s1. The lowest BCUT2D eigenvalue weighted by Crippen LogP contribution is -2.39. The summed E-state index contributed by atoms with van der Waals surface area (Å²) in [6.45, 7) is 3.55. The Morgan fingerprint density at radius 1 is 1.32 bits per heavy atom. The fourth-order valence-electron chi connectivity index (χ4n) is 4.35. The molecule has 6 nitrogen and oxygen atoms in total. The highest BCUT2D eigenvalue weighted by molar-refractivity contribution is 5.28. The predicted molar refractivity (Wildman–Crippen MR) is 109 cm³/mol. The van der Waals surface area contributed by atoms with E-state index in [1.807, 2.05) is 25.5 Å². The van der Waals surface area contributed by atoms with E-state index in [0.29, 0.717) is 19.2 Å². The van der Waals surface area contributed by atoms with Gasteiger partial charge in [-0.3, -0.25) is 4.90 Å². The monoisotopic (exact) mass is 384 g/mol. The molecule has 28 heavy (non-hydrogen) atoms. The van der Waals surface area contributed by atoms with Gasteiger partial charge in [0, 0.05) is 51.4 Å². The molecule has 2 heterocycles. The van der Waals surface area contributed by atoms with Gasteiger partial charge in [0.1, 0.15) is 18.5 Å². The van der Waals surface area contributed by atoms with E-state index in [9.17, 15) is 5.11 Å². The van der Waals surface area contributed by atoms with E-state index in [4.69, 9.17) is 4.74 Å². The second-order valence-electron chi connectivity index (χ2n) is 8.21. The first-order chi connectivity index (χ1) is 13.7. The van der Waals surface area contributed by atoms with Crippen LogP contribution in [0.4, 0.5) is 0 Å². The number of aliphatic hydroxyl groups excluding tert-OH is 1. The zero-order valence-electron chi connectivity index (χ0n) is 16.8. The summed E-state index contributed by atoms with van der Waals surface area (Å²) < 4.78 is 7.97. The van der Waals surface area contributed by atoms with Crippen LogP contribution < -0.4 is 10.1 Å². The van der Waals surface area contributed by atoms with Crippen LogP contribution in [0.5, 0.6) is 5.75 Å². The number of β-amino-alcohol motifs (C(OH)–C–C–N with tert-alkyl or cyclic N) is 1. The summed E-state index contributed by atoms with van der Waals surface area (Å²) in [6.07, 6.45) is 7.62. The molecular formula is C22H32N4O2. The van der Waals surface area contributed by atoms with Gasteiger partial charge in [0.2, 0.25) is 0 Å². The third-order valence-corrected chi connectivity index (χ3v) is 5.94. The number of aromatic nitrogens is 2. The highest BCUT2D eigenvalue weighted by Crippen LogP contribution is 2.20. The van der Waals surface area contributed by atoms with Gasteiger partial charge in [0.15, 0.2) is 0 Å². The summed E-state index contributed by atoms with van der Waals surface area (Å²) in [5.41, 5.74) is 3.67. The van der Waals surface area contributed by atoms with E-state index >= 15 is 0 Å². The Morgan fingerprint density at radius 2 is 2.18 bits per heavy atom. The molecule has 0 spiro atoms. The van der Waals surface area contributed by atoms with Crippen molar-refractivity contribution in [3.63, 3.8) is 0 Å². The maximum absolute atomic E-state index is 10.4. The molecule has 2 N–H and O–H groups in total. The molecule has 1 aromatic carbocycles. The first-order valence-corrected chi connectivity index (χ1v) is 10.5. The molecule has 1 aromatic heterocycles. The highest BCUT2D eigenvalue weighted by Gasteiger charge is 2.22. The fraction of sp³-hybridized carbons (Fsp3) is 0.591. The van der Waals surface area contributed by atoms with Gasteiger partial charge in [-0.2, -0.15) is 0 Å². The van der Waals surface area contributed by atoms with Gasteiger partial charge in [0.05, 0.1) is 12.0 Å². The smallest absolute Gasteiger partial charge is 0.119 e. The van der Waals surface area contributed by atoms with Crippen molar-refractivity contribution in [1.29, 1.82) is 0 Å². The number of nitrogens with one attached hydrogen (secondary N) is 1. The second-order valence-corrected chi connectivity index (χ2v) is 8.21. The molecule has 2 aliphatic rings. The maximum Gasteiger partial charge on any atom is 0.119 e. The number of fused-ring (bicyclic) bond motifs is 1. The van der Waals surface area contributed by atoms with Crippen molar-refractivity contribution in [2.24, 2.45) is 7.05 Å². The number of imidazole rings is 1. The topological polar surface area (TPSA) is 62.6 Å². The van der Waals surface area contributed by atoms with E-state index in [1.54, 1.807) is 0 Å². The van der Waals surface area contributed by atoms with Crippen LogP contribution in [-0.2, 0) is 26.6 Å². The van der Waals surface area contributed by atoms with Crippen LogP contribution in [0.15, 0.2) is 30.6 Å². The Hall–Kier alpha value is -1.89. The molecule has 1 saturated carbocycles. The van der Waals surface area contributed by atoms with Gasteiger partial charge in [-0.05, 0) is 30.5 Å². The summed E-state index contributed by atoms with van der Waals surface area (Å²) >= 11 is 0. The molecule has 0 saturated heterocycles. The summed E-state index contributed by atoms with van der Waals surface area (Å²) in [4.78, 5) is 6.72. The van der Waals surface area contributed by atoms with Crippen LogP contribution in [-0.4, -0.2) is 51.4 Å². The zero-order valence-corrected chi connectivity index (χ0v) is 16.8. The van der Waals surface area contributed by atoms with Gasteiger partial charge in [-0.1, -0.05) is 25.0 Å². The normalized spacial score (nSPS) is 18.9. The van der Waals surface area contributed by atoms with Crippen molar-refractivity contribution >= 4 is 0 Å². The molecule has 4 rings (SSSR count). The quantitative estimate of drug-likeness (QED) is 0.731. The largest absolute Gasteiger partial charge is 0.491 e. The number of aryl methyl sites for hydroxylation is 1. The lowest BCUT2D eigenvalue weighted by atomic mass is 10.1. The molecule has 6 heteroatoms. The van der Waals surface area contributed by atoms with Gasteiger partial charge < -0.3 is 19.7 Å². The molecule has 1 fully saturated rings. The van der Waals surface area contributed by atoms with Crippen LogP contribution in [0.2, 0.25) is 0 Å². The second kappa shape index (κ2) is 9.07. The van der Waals surface area contributed by atoms with Crippen molar-refractivity contribution in [2.75, 3.05) is 19.7 Å². The molecular weight excluding hydrogens is 352 g/mol. The Labute approximate surface area is 167 Å². The minimum Gasteiger partial charge on any atom is -0.491 e. The molecule has 2 aromatic rings. The average Bonchev–Trinajstić information content (AvgIpc) is 3.35. The number of nitrogens with zero attached hydrogens (tertiary/aromatic N) is 3. The van der Waals surface area contributed by atoms with Crippen molar-refractivity contribution in [3.05, 3.63) is 47.5 Å². The van der Waals surface area contributed by atoms with Crippen LogP contribution in [0.1, 0.15) is 42.6 Å². The molecule has 1 aliphatic carbocycles. The lowest BCUT2D eigenvalue weighted by Gasteiger charge is -2.28. The van der Waals surface area contributed by atoms with Gasteiger partial charge in [0.25, 0.3) is 0 Å². The van der Waals surface area contributed by atoms with Gasteiger partial charge in [-0.15, -0.1) is 0 Å². The van der Waals surface area contributed by atoms with E-state index in [2.05, 4.69) is 31.9 Å². The minimum absolute atomic E-state index is 0.311. The van der Waals surface area contributed by atoms with E-state index in [1.165, 1.54) is 36.9 Å². The Bertz CT molecular complexity index is 770. The molecule has 0 radical (unpaired) electrons. The predicted octanol–water partition coefficient (Wildman–Crippen LogP) is 2.25. The van der Waals surface area contributed by atoms with Crippen LogP contribution >= 0.6 is 0 Å². The first kappa shape index (κ1) is 19.4. The molecule has 0 bridgehead atoms. The molecule has 152 valence electrons. The van der Waals surface area contributed by atoms with E-state index < -0.39 is 6.10 Å². The van der Waals surface area contributed by atoms with Gasteiger partial charge in [-0.25, -0.2) is 4.98 Å². The number of benzene rings is 1. The van der Waals surface area contributed by atoms with Crippen LogP contribution in [0.25, 0.3) is 0 Å². The summed E-state index contributed by atoms with van der Waals surface area (Å²) in [7, 11) is 2.04. The molecule has 0 unspecified atom stereocenters. The number of rotatable bonds is 8. The van der Waals surface area contributed by atoms with Crippen molar-refractivity contribution in [3.8, 4) is 5.75 Å². The van der Waals surface area contributed by atoms with Crippen molar-refractivity contribution < 1.29 is 9.84 Å². The van der Waals surface area contributed by atoms with Crippen molar-refractivity contribution in [2.45, 2.75) is 57.3 Å². The number of hydrogen-bond donors (Lipinski definition) is 2. The summed E-state index contributed by atoms with van der Waals surface area (Å²) in [5, 5.41) is 14.1. The third-order valence-electron chi connectivity index (χ3n) is 5.94. The third kappa shape index (κ3) is 4.93. The first-order valence-electron chi connectivity index (χ1n) is 10.5. The highest BCUT2D eigenvalue weighted by atomic mass is 16.5. The van der Waals surface area contributed by atoms with E-state index in [0.717, 1.165) is 37.5 Å². The zero-order chi connectivity index (χ0) is 19.3. The Balaban J connectivity index is 1.22. The van der Waals surface area contributed by atoms with Crippen LogP contribution in [0.3, 0.4) is 0 Å².